The van der Waals surface area contributed by atoms with E-state index in [0.717, 1.165) is 44.9 Å². The summed E-state index contributed by atoms with van der Waals surface area (Å²) in [5, 5.41) is 2.97. The lowest BCUT2D eigenvalue weighted by atomic mass is 9.78. The number of amides is 1. The summed E-state index contributed by atoms with van der Waals surface area (Å²) in [4.78, 5) is 25.2. The Kier molecular flexibility index (Phi) is 8.75. The largest absolute Gasteiger partial charge is 0.496 e. The van der Waals surface area contributed by atoms with E-state index < -0.39 is 22.6 Å². The molecule has 1 amide bonds. The predicted molar refractivity (Wildman–Crippen MR) is 125 cm³/mol. The first-order chi connectivity index (χ1) is 15.7. The van der Waals surface area contributed by atoms with Crippen LogP contribution in [-0.2, 0) is 19.6 Å². The fraction of sp³-hybridized carbons (Fsp3) is 0.667. The van der Waals surface area contributed by atoms with Crippen molar-refractivity contribution in [1.82, 2.24) is 9.62 Å². The number of carbonyl (C=O) groups is 2. The van der Waals surface area contributed by atoms with Gasteiger partial charge in [0.1, 0.15) is 11.3 Å². The van der Waals surface area contributed by atoms with Crippen LogP contribution in [0.15, 0.2) is 23.1 Å². The van der Waals surface area contributed by atoms with E-state index in [9.17, 15) is 18.0 Å². The summed E-state index contributed by atoms with van der Waals surface area (Å²) in [7, 11) is -2.34. The number of nitrogens with zero attached hydrogens (tertiary/aromatic N) is 1. The number of carbonyl (C=O) groups excluding carboxylic acids is 2. The Morgan fingerprint density at radius 2 is 1.76 bits per heavy atom. The molecule has 1 N–H and O–H groups in total. The highest BCUT2D eigenvalue weighted by atomic mass is 32.2. The van der Waals surface area contributed by atoms with Crippen LogP contribution < -0.4 is 10.1 Å². The lowest BCUT2D eigenvalue weighted by molar-refractivity contribution is -0.125. The zero-order chi connectivity index (χ0) is 24.0. The van der Waals surface area contributed by atoms with Crippen LogP contribution in [0.1, 0.15) is 69.2 Å². The Bertz CT molecular complexity index is 940. The summed E-state index contributed by atoms with van der Waals surface area (Å²) in [6, 6.07) is 4.24. The lowest BCUT2D eigenvalue weighted by Gasteiger charge is -2.34. The number of sulfonamides is 1. The molecule has 8 nitrogen and oxygen atoms in total. The van der Waals surface area contributed by atoms with Crippen molar-refractivity contribution in [2.45, 2.75) is 69.7 Å². The summed E-state index contributed by atoms with van der Waals surface area (Å²) in [5.74, 6) is -0.0596. The van der Waals surface area contributed by atoms with Gasteiger partial charge in [-0.15, -0.1) is 0 Å². The zero-order valence-electron chi connectivity index (χ0n) is 19.8. The van der Waals surface area contributed by atoms with Crippen molar-refractivity contribution in [3.63, 3.8) is 0 Å². The van der Waals surface area contributed by atoms with Crippen molar-refractivity contribution < 1.29 is 27.5 Å². The molecule has 0 spiro atoms. The molecule has 0 aromatic heterocycles. The first kappa shape index (κ1) is 25.5. The van der Waals surface area contributed by atoms with E-state index in [-0.39, 0.29) is 28.2 Å². The molecule has 3 rings (SSSR count). The first-order valence-corrected chi connectivity index (χ1v) is 13.3. The van der Waals surface area contributed by atoms with E-state index in [1.807, 2.05) is 0 Å². The average molecular weight is 481 g/mol. The Morgan fingerprint density at radius 1 is 1.06 bits per heavy atom. The molecule has 2 fully saturated rings. The highest BCUT2D eigenvalue weighted by molar-refractivity contribution is 7.89. The molecule has 1 heterocycles. The molecule has 3 unspecified atom stereocenters. The number of rotatable bonds is 7. The maximum absolute atomic E-state index is 13.1. The van der Waals surface area contributed by atoms with Gasteiger partial charge < -0.3 is 14.8 Å². The number of benzene rings is 1. The Hall–Kier alpha value is -2.13. The van der Waals surface area contributed by atoms with E-state index in [1.54, 1.807) is 0 Å². The number of ether oxygens (including phenoxy) is 2. The van der Waals surface area contributed by atoms with Crippen LogP contribution in [0, 0.1) is 11.8 Å². The number of hydrogen-bond donors (Lipinski definition) is 1. The van der Waals surface area contributed by atoms with Crippen LogP contribution in [0.5, 0.6) is 5.75 Å². The molecule has 1 aliphatic carbocycles. The minimum Gasteiger partial charge on any atom is -0.496 e. The van der Waals surface area contributed by atoms with Gasteiger partial charge in [0.15, 0.2) is 6.61 Å². The van der Waals surface area contributed by atoms with Crippen molar-refractivity contribution >= 4 is 21.9 Å². The fourth-order valence-electron chi connectivity index (χ4n) is 4.68. The maximum Gasteiger partial charge on any atom is 0.342 e. The van der Waals surface area contributed by atoms with Crippen LogP contribution >= 0.6 is 0 Å². The minimum absolute atomic E-state index is 0.0131. The molecular formula is C24H36N2O6S. The SMILES string of the molecule is COc1ccc(S(=O)(=O)N2CCCCCC2)cc1C(=O)OCC(=O)NC1CCCC(C)C1C. The highest BCUT2D eigenvalue weighted by Gasteiger charge is 2.29. The maximum atomic E-state index is 13.1. The normalized spacial score (nSPS) is 24.5. The van der Waals surface area contributed by atoms with Crippen molar-refractivity contribution in [3.8, 4) is 5.75 Å². The van der Waals surface area contributed by atoms with Gasteiger partial charge >= 0.3 is 5.97 Å². The molecule has 1 aliphatic heterocycles. The smallest absolute Gasteiger partial charge is 0.342 e. The molecular weight excluding hydrogens is 444 g/mol. The van der Waals surface area contributed by atoms with Gasteiger partial charge in [-0.3, -0.25) is 4.79 Å². The summed E-state index contributed by atoms with van der Waals surface area (Å²) in [6.07, 6.45) is 6.77. The van der Waals surface area contributed by atoms with Crippen LogP contribution in [0.2, 0.25) is 0 Å². The molecule has 2 aliphatic rings. The van der Waals surface area contributed by atoms with E-state index >= 15 is 0 Å². The second-order valence-electron chi connectivity index (χ2n) is 9.20. The van der Waals surface area contributed by atoms with Crippen LogP contribution in [0.25, 0.3) is 0 Å². The first-order valence-electron chi connectivity index (χ1n) is 11.9. The van der Waals surface area contributed by atoms with Gasteiger partial charge in [-0.25, -0.2) is 13.2 Å². The summed E-state index contributed by atoms with van der Waals surface area (Å²) in [6.45, 7) is 4.81. The van der Waals surface area contributed by atoms with Crippen molar-refractivity contribution in [3.05, 3.63) is 23.8 Å². The molecule has 9 heteroatoms. The number of esters is 1. The number of hydrogen-bond acceptors (Lipinski definition) is 6. The molecule has 0 bridgehead atoms. The van der Waals surface area contributed by atoms with Gasteiger partial charge in [-0.2, -0.15) is 4.31 Å². The quantitative estimate of drug-likeness (QED) is 0.601. The molecule has 1 aromatic rings. The van der Waals surface area contributed by atoms with Gasteiger partial charge in [-0.1, -0.05) is 39.5 Å². The van der Waals surface area contributed by atoms with E-state index in [4.69, 9.17) is 9.47 Å². The zero-order valence-corrected chi connectivity index (χ0v) is 20.7. The fourth-order valence-corrected chi connectivity index (χ4v) is 6.23. The monoisotopic (exact) mass is 480 g/mol. The summed E-state index contributed by atoms with van der Waals surface area (Å²) < 4.78 is 38.2. The van der Waals surface area contributed by atoms with E-state index in [1.165, 1.54) is 29.6 Å². The number of methoxy groups -OCH3 is 1. The molecule has 3 atom stereocenters. The van der Waals surface area contributed by atoms with Gasteiger partial charge in [0.05, 0.1) is 12.0 Å². The molecule has 184 valence electrons. The lowest BCUT2D eigenvalue weighted by Crippen LogP contribution is -2.45. The standard InChI is InChI=1S/C24H36N2O6S/c1-17-9-8-10-21(18(17)2)25-23(27)16-32-24(28)20-15-19(11-12-22(20)31-3)33(29,30)26-13-6-4-5-7-14-26/h11-12,15,17-18,21H,4-10,13-14,16H2,1-3H3,(H,25,27). The van der Waals surface area contributed by atoms with E-state index in [2.05, 4.69) is 19.2 Å². The van der Waals surface area contributed by atoms with Crippen LogP contribution in [-0.4, -0.2) is 57.4 Å². The second-order valence-corrected chi connectivity index (χ2v) is 11.1. The summed E-state index contributed by atoms with van der Waals surface area (Å²) >= 11 is 0. The second kappa shape index (κ2) is 11.3. The van der Waals surface area contributed by atoms with Gasteiger partial charge in [-0.05, 0) is 49.3 Å². The predicted octanol–water partition coefficient (Wildman–Crippen LogP) is 3.36. The van der Waals surface area contributed by atoms with Crippen LogP contribution in [0.4, 0.5) is 0 Å². The minimum atomic E-state index is -3.74. The van der Waals surface area contributed by atoms with Crippen LogP contribution in [0.3, 0.4) is 0 Å². The highest BCUT2D eigenvalue weighted by Crippen LogP contribution is 2.30. The molecule has 0 radical (unpaired) electrons. The molecule has 1 aromatic carbocycles. The molecule has 1 saturated carbocycles. The third-order valence-corrected chi connectivity index (χ3v) is 8.88. The van der Waals surface area contributed by atoms with Crippen molar-refractivity contribution in [2.75, 3.05) is 26.8 Å². The number of nitrogens with one attached hydrogen (secondary N) is 1. The van der Waals surface area contributed by atoms with Gasteiger partial charge in [0.2, 0.25) is 10.0 Å². The third-order valence-electron chi connectivity index (χ3n) is 6.98. The Morgan fingerprint density at radius 3 is 2.42 bits per heavy atom. The topological polar surface area (TPSA) is 102 Å². The van der Waals surface area contributed by atoms with Crippen molar-refractivity contribution in [2.24, 2.45) is 11.8 Å². The Balaban J connectivity index is 1.68. The van der Waals surface area contributed by atoms with E-state index in [0.29, 0.717) is 24.9 Å². The third kappa shape index (κ3) is 6.26. The Labute approximate surface area is 197 Å². The summed E-state index contributed by atoms with van der Waals surface area (Å²) in [5.41, 5.74) is -0.0131. The van der Waals surface area contributed by atoms with Gasteiger partial charge in [0.25, 0.3) is 5.91 Å². The van der Waals surface area contributed by atoms with Crippen molar-refractivity contribution in [1.29, 1.82) is 0 Å². The molecule has 1 saturated heterocycles. The molecule has 33 heavy (non-hydrogen) atoms. The average Bonchev–Trinajstić information content (AvgIpc) is 3.10. The van der Waals surface area contributed by atoms with Gasteiger partial charge in [0, 0.05) is 19.1 Å².